The van der Waals surface area contributed by atoms with E-state index in [1.54, 1.807) is 13.2 Å². The minimum Gasteiger partial charge on any atom is -0.481 e. The largest absolute Gasteiger partial charge is 0.481 e. The molecule has 206 valence electrons. The number of carboxylic acid groups (broad SMARTS) is 1. The highest BCUT2D eigenvalue weighted by molar-refractivity contribution is 7.14. The van der Waals surface area contributed by atoms with E-state index in [0.29, 0.717) is 24.0 Å². The van der Waals surface area contributed by atoms with E-state index in [2.05, 4.69) is 4.98 Å². The summed E-state index contributed by atoms with van der Waals surface area (Å²) in [6, 6.07) is 31.1. The van der Waals surface area contributed by atoms with Crippen molar-refractivity contribution in [1.29, 1.82) is 0 Å². The van der Waals surface area contributed by atoms with Crippen molar-refractivity contribution >= 4 is 28.3 Å². The maximum absolute atomic E-state index is 13.4. The Kier molecular flexibility index (Phi) is 8.81. The average molecular weight is 564 g/mol. The Bertz CT molecular complexity index is 1600. The number of hydrogen-bond donors (Lipinski definition) is 1. The molecule has 0 aliphatic rings. The van der Waals surface area contributed by atoms with Crippen molar-refractivity contribution < 1.29 is 19.4 Å². The fourth-order valence-electron chi connectivity index (χ4n) is 4.58. The Hall–Kier alpha value is -4.82. The SMILES string of the molecule is CN(C(=O)[C@@H](CC(=O)O)Cc1ccccc1)c1nc(-c2ccccc2-c2ccc(OCc3ccccc3)nc2)cs1. The van der Waals surface area contributed by atoms with Gasteiger partial charge >= 0.3 is 5.97 Å². The first-order chi connectivity index (χ1) is 20.0. The van der Waals surface area contributed by atoms with Crippen molar-refractivity contribution in [2.75, 3.05) is 11.9 Å². The topological polar surface area (TPSA) is 92.6 Å². The molecule has 0 saturated heterocycles. The van der Waals surface area contributed by atoms with Gasteiger partial charge in [-0.3, -0.25) is 14.5 Å². The zero-order chi connectivity index (χ0) is 28.6. The van der Waals surface area contributed by atoms with Gasteiger partial charge in [0.1, 0.15) is 6.61 Å². The third kappa shape index (κ3) is 7.04. The number of rotatable bonds is 11. The lowest BCUT2D eigenvalue weighted by Gasteiger charge is -2.21. The number of aromatic nitrogens is 2. The lowest BCUT2D eigenvalue weighted by molar-refractivity contribution is -0.140. The highest BCUT2D eigenvalue weighted by Gasteiger charge is 2.27. The molecule has 0 aliphatic heterocycles. The number of amides is 1. The molecule has 5 aromatic rings. The molecule has 2 aromatic heterocycles. The second-order valence-electron chi connectivity index (χ2n) is 9.60. The lowest BCUT2D eigenvalue weighted by Crippen LogP contribution is -2.35. The summed E-state index contributed by atoms with van der Waals surface area (Å²) in [6.45, 7) is 0.441. The zero-order valence-electron chi connectivity index (χ0n) is 22.5. The Morgan fingerprint density at radius 2 is 1.54 bits per heavy atom. The molecular formula is C33H29N3O4S. The summed E-state index contributed by atoms with van der Waals surface area (Å²) in [4.78, 5) is 35.7. The number of aliphatic carboxylic acids is 1. The summed E-state index contributed by atoms with van der Waals surface area (Å²) in [6.07, 6.45) is 1.87. The summed E-state index contributed by atoms with van der Waals surface area (Å²) in [7, 11) is 1.65. The van der Waals surface area contributed by atoms with Crippen LogP contribution in [-0.2, 0) is 22.6 Å². The first-order valence-electron chi connectivity index (χ1n) is 13.2. The highest BCUT2D eigenvalue weighted by Crippen LogP contribution is 2.35. The predicted octanol–water partition coefficient (Wildman–Crippen LogP) is 6.75. The molecule has 2 heterocycles. The van der Waals surface area contributed by atoms with E-state index in [9.17, 15) is 14.7 Å². The molecule has 8 heteroatoms. The maximum atomic E-state index is 13.4. The minimum absolute atomic E-state index is 0.253. The molecule has 0 radical (unpaired) electrons. The molecule has 41 heavy (non-hydrogen) atoms. The molecule has 0 fully saturated rings. The molecule has 5 rings (SSSR count). The molecule has 0 bridgehead atoms. The smallest absolute Gasteiger partial charge is 0.304 e. The number of carbonyl (C=O) groups is 2. The van der Waals surface area contributed by atoms with E-state index < -0.39 is 11.9 Å². The predicted molar refractivity (Wildman–Crippen MR) is 161 cm³/mol. The molecule has 1 amide bonds. The molecule has 1 atom stereocenters. The van der Waals surface area contributed by atoms with E-state index in [4.69, 9.17) is 9.72 Å². The number of nitrogens with zero attached hydrogens (tertiary/aromatic N) is 3. The second kappa shape index (κ2) is 13.0. The Labute approximate surface area is 242 Å². The summed E-state index contributed by atoms with van der Waals surface area (Å²) in [5.41, 5.74) is 5.48. The first kappa shape index (κ1) is 27.7. The molecule has 1 N–H and O–H groups in total. The average Bonchev–Trinajstić information content (AvgIpc) is 3.50. The zero-order valence-corrected chi connectivity index (χ0v) is 23.3. The summed E-state index contributed by atoms with van der Waals surface area (Å²) in [5, 5.41) is 11.9. The van der Waals surface area contributed by atoms with Crippen LogP contribution in [-0.4, -0.2) is 34.0 Å². The van der Waals surface area contributed by atoms with Crippen LogP contribution >= 0.6 is 11.3 Å². The molecule has 0 aliphatic carbocycles. The third-order valence-electron chi connectivity index (χ3n) is 6.68. The lowest BCUT2D eigenvalue weighted by atomic mass is 9.95. The van der Waals surface area contributed by atoms with Crippen LogP contribution in [0.5, 0.6) is 5.88 Å². The second-order valence-corrected chi connectivity index (χ2v) is 10.4. The van der Waals surface area contributed by atoms with Gasteiger partial charge in [-0.15, -0.1) is 11.3 Å². The van der Waals surface area contributed by atoms with Crippen LogP contribution in [0.1, 0.15) is 17.5 Å². The highest BCUT2D eigenvalue weighted by atomic mass is 32.1. The Balaban J connectivity index is 1.32. The van der Waals surface area contributed by atoms with Gasteiger partial charge in [0.05, 0.1) is 18.0 Å². The number of hydrogen-bond acceptors (Lipinski definition) is 6. The first-order valence-corrected chi connectivity index (χ1v) is 14.1. The number of thiazole rings is 1. The molecule has 0 saturated carbocycles. The van der Waals surface area contributed by atoms with Crippen LogP contribution in [0.25, 0.3) is 22.4 Å². The Morgan fingerprint density at radius 3 is 2.20 bits per heavy atom. The van der Waals surface area contributed by atoms with Gasteiger partial charge in [-0.1, -0.05) is 84.9 Å². The molecule has 3 aromatic carbocycles. The van der Waals surface area contributed by atoms with Crippen molar-refractivity contribution in [1.82, 2.24) is 9.97 Å². The number of pyridine rings is 1. The van der Waals surface area contributed by atoms with Gasteiger partial charge in [-0.2, -0.15) is 0 Å². The van der Waals surface area contributed by atoms with Gasteiger partial charge in [0.2, 0.25) is 11.8 Å². The van der Waals surface area contributed by atoms with Gasteiger partial charge in [0.15, 0.2) is 5.13 Å². The minimum atomic E-state index is -1.01. The Morgan fingerprint density at radius 1 is 0.878 bits per heavy atom. The van der Waals surface area contributed by atoms with Crippen molar-refractivity contribution in [2.45, 2.75) is 19.4 Å². The summed E-state index contributed by atoms with van der Waals surface area (Å²) < 4.78 is 5.83. The monoisotopic (exact) mass is 563 g/mol. The van der Waals surface area contributed by atoms with Gasteiger partial charge in [0.25, 0.3) is 0 Å². The van der Waals surface area contributed by atoms with Crippen molar-refractivity contribution in [3.63, 3.8) is 0 Å². The van der Waals surface area contributed by atoms with Gasteiger partial charge in [0, 0.05) is 35.8 Å². The van der Waals surface area contributed by atoms with Crippen LogP contribution in [0.4, 0.5) is 5.13 Å². The van der Waals surface area contributed by atoms with Gasteiger partial charge < -0.3 is 9.84 Å². The van der Waals surface area contributed by atoms with E-state index in [0.717, 1.165) is 33.5 Å². The van der Waals surface area contributed by atoms with Gasteiger partial charge in [-0.25, -0.2) is 9.97 Å². The van der Waals surface area contributed by atoms with Crippen LogP contribution < -0.4 is 9.64 Å². The normalized spacial score (nSPS) is 11.5. The number of ether oxygens (including phenoxy) is 1. The quantitative estimate of drug-likeness (QED) is 0.191. The van der Waals surface area contributed by atoms with E-state index in [1.807, 2.05) is 102 Å². The van der Waals surface area contributed by atoms with Crippen LogP contribution in [0.2, 0.25) is 0 Å². The summed E-state index contributed by atoms with van der Waals surface area (Å²) >= 11 is 1.35. The van der Waals surface area contributed by atoms with Crippen molar-refractivity contribution in [2.24, 2.45) is 5.92 Å². The van der Waals surface area contributed by atoms with Gasteiger partial charge in [-0.05, 0) is 29.2 Å². The standard InChI is InChI=1S/C33H29N3O4S/c1-36(32(39)26(19-31(37)38)18-23-10-4-2-5-11-23)33-35-29(22-41-33)28-15-9-8-14-27(28)25-16-17-30(34-20-25)40-21-24-12-6-3-7-13-24/h2-17,20,22,26H,18-19,21H2,1H3,(H,37,38)/t26-/m1/s1. The van der Waals surface area contributed by atoms with Crippen LogP contribution in [0, 0.1) is 5.92 Å². The van der Waals surface area contributed by atoms with E-state index >= 15 is 0 Å². The van der Waals surface area contributed by atoms with E-state index in [-0.39, 0.29) is 12.3 Å². The van der Waals surface area contributed by atoms with Crippen LogP contribution in [0.15, 0.2) is 109 Å². The number of benzene rings is 3. The molecular weight excluding hydrogens is 534 g/mol. The molecule has 0 unspecified atom stereocenters. The fraction of sp³-hybridized carbons (Fsp3) is 0.152. The fourth-order valence-corrected chi connectivity index (χ4v) is 5.38. The third-order valence-corrected chi connectivity index (χ3v) is 7.60. The van der Waals surface area contributed by atoms with Crippen molar-refractivity contribution in [3.8, 4) is 28.3 Å². The van der Waals surface area contributed by atoms with Crippen LogP contribution in [0.3, 0.4) is 0 Å². The number of carbonyl (C=O) groups excluding carboxylic acids is 1. The molecule has 7 nitrogen and oxygen atoms in total. The maximum Gasteiger partial charge on any atom is 0.304 e. The number of carboxylic acids is 1. The van der Waals surface area contributed by atoms with E-state index in [1.165, 1.54) is 16.2 Å². The number of anilines is 1. The van der Waals surface area contributed by atoms with Crippen molar-refractivity contribution in [3.05, 3.63) is 120 Å². The summed E-state index contributed by atoms with van der Waals surface area (Å²) in [5.74, 6) is -1.45. The molecule has 0 spiro atoms.